The molecule has 43 heavy (non-hydrogen) atoms. The first-order valence-electron chi connectivity index (χ1n) is 14.2. The lowest BCUT2D eigenvalue weighted by molar-refractivity contribution is 0.0237. The zero-order chi connectivity index (χ0) is 30.9. The number of anilines is 2. The van der Waals surface area contributed by atoms with Gasteiger partial charge in [-0.2, -0.15) is 0 Å². The van der Waals surface area contributed by atoms with Crippen LogP contribution in [0.5, 0.6) is 5.88 Å². The standard InChI is InChI=1S/C31H37FN6O5/c1-19-16-38-17-20(15-24(32)28(38)33-19)34-29(39)23-7-9-25(22-8-10-26(35-27(22)23)42-14-13-41-6)37-12-11-21(18-37)36(5)30(40)43-31(2,3)4/h7-10,15-17,21H,11-14,18H2,1-6H3,(H,34,39). The summed E-state index contributed by atoms with van der Waals surface area (Å²) < 4.78 is 32.6. The number of ether oxygens (including phenoxy) is 3. The van der Waals surface area contributed by atoms with E-state index in [1.54, 1.807) is 54.9 Å². The van der Waals surface area contributed by atoms with Gasteiger partial charge in [0.25, 0.3) is 5.91 Å². The van der Waals surface area contributed by atoms with Crippen LogP contribution in [0.1, 0.15) is 43.2 Å². The lowest BCUT2D eigenvalue weighted by Crippen LogP contribution is -2.42. The molecule has 12 heteroatoms. The van der Waals surface area contributed by atoms with Gasteiger partial charge in [0.15, 0.2) is 11.5 Å². The summed E-state index contributed by atoms with van der Waals surface area (Å²) in [7, 11) is 3.34. The Labute approximate surface area is 249 Å². The number of hydrogen-bond donors (Lipinski definition) is 1. The molecular formula is C31H37FN6O5. The van der Waals surface area contributed by atoms with Gasteiger partial charge in [0.05, 0.1) is 35.1 Å². The number of likely N-dealkylation sites (N-methyl/N-ethyl adjacent to an activating group) is 1. The van der Waals surface area contributed by atoms with E-state index in [4.69, 9.17) is 19.2 Å². The van der Waals surface area contributed by atoms with Crippen LogP contribution in [0.25, 0.3) is 16.6 Å². The summed E-state index contributed by atoms with van der Waals surface area (Å²) >= 11 is 0. The molecule has 0 radical (unpaired) electrons. The largest absolute Gasteiger partial charge is 0.475 e. The van der Waals surface area contributed by atoms with Crippen molar-refractivity contribution in [1.29, 1.82) is 0 Å². The number of benzene rings is 1. The zero-order valence-corrected chi connectivity index (χ0v) is 25.3. The Morgan fingerprint density at radius 3 is 2.67 bits per heavy atom. The number of aryl methyl sites for hydroxylation is 1. The second-order valence-corrected chi connectivity index (χ2v) is 11.6. The number of rotatable bonds is 8. The fraction of sp³-hybridized carbons (Fsp3) is 0.419. The monoisotopic (exact) mass is 592 g/mol. The number of aromatic nitrogens is 3. The molecule has 1 saturated heterocycles. The molecule has 2 amide bonds. The fourth-order valence-corrected chi connectivity index (χ4v) is 5.16. The minimum absolute atomic E-state index is 0.0471. The summed E-state index contributed by atoms with van der Waals surface area (Å²) in [5.41, 5.74) is 2.17. The van der Waals surface area contributed by atoms with Crippen molar-refractivity contribution >= 4 is 39.9 Å². The summed E-state index contributed by atoms with van der Waals surface area (Å²) in [6, 6.07) is 8.42. The van der Waals surface area contributed by atoms with E-state index >= 15 is 0 Å². The molecular weight excluding hydrogens is 555 g/mol. The molecule has 5 rings (SSSR count). The second kappa shape index (κ2) is 12.0. The Bertz CT molecular complexity index is 1670. The van der Waals surface area contributed by atoms with Gasteiger partial charge in [-0.25, -0.2) is 19.2 Å². The van der Waals surface area contributed by atoms with Crippen LogP contribution < -0.4 is 15.0 Å². The highest BCUT2D eigenvalue weighted by Crippen LogP contribution is 2.33. The van der Waals surface area contributed by atoms with Gasteiger partial charge >= 0.3 is 6.09 Å². The molecule has 1 fully saturated rings. The minimum atomic E-state index is -0.583. The molecule has 3 aromatic heterocycles. The van der Waals surface area contributed by atoms with Crippen molar-refractivity contribution < 1.29 is 28.2 Å². The maximum Gasteiger partial charge on any atom is 0.410 e. The van der Waals surface area contributed by atoms with Crippen molar-refractivity contribution in [2.24, 2.45) is 0 Å². The SMILES string of the molecule is COCCOc1ccc2c(N3CCC(N(C)C(=O)OC(C)(C)C)C3)ccc(C(=O)Nc3cc(F)c4nc(C)cn4c3)c2n1. The van der Waals surface area contributed by atoms with E-state index in [0.29, 0.717) is 49.0 Å². The number of hydrogen-bond acceptors (Lipinski definition) is 8. The first-order chi connectivity index (χ1) is 20.4. The Balaban J connectivity index is 1.45. The van der Waals surface area contributed by atoms with E-state index in [9.17, 15) is 14.0 Å². The first-order valence-corrected chi connectivity index (χ1v) is 14.2. The molecule has 228 valence electrons. The zero-order valence-electron chi connectivity index (χ0n) is 25.3. The molecule has 1 aliphatic rings. The Kier molecular flexibility index (Phi) is 8.41. The van der Waals surface area contributed by atoms with E-state index < -0.39 is 17.3 Å². The number of methoxy groups -OCH3 is 1. The predicted molar refractivity (Wildman–Crippen MR) is 162 cm³/mol. The van der Waals surface area contributed by atoms with E-state index in [1.165, 1.54) is 6.07 Å². The lowest BCUT2D eigenvalue weighted by Gasteiger charge is -2.29. The first kappa shape index (κ1) is 30.0. The summed E-state index contributed by atoms with van der Waals surface area (Å²) in [5, 5.41) is 3.56. The summed E-state index contributed by atoms with van der Waals surface area (Å²) in [4.78, 5) is 39.0. The van der Waals surface area contributed by atoms with E-state index in [-0.39, 0.29) is 23.5 Å². The Morgan fingerprint density at radius 1 is 1.14 bits per heavy atom. The van der Waals surface area contributed by atoms with Crippen LogP contribution in [0.4, 0.5) is 20.6 Å². The van der Waals surface area contributed by atoms with Crippen molar-refractivity contribution in [1.82, 2.24) is 19.3 Å². The number of imidazole rings is 1. The molecule has 4 aromatic rings. The van der Waals surface area contributed by atoms with Crippen LogP contribution in [-0.4, -0.2) is 83.4 Å². The van der Waals surface area contributed by atoms with Crippen molar-refractivity contribution in [3.63, 3.8) is 0 Å². The topological polar surface area (TPSA) is 111 Å². The van der Waals surface area contributed by atoms with Gasteiger partial charge in [0.2, 0.25) is 5.88 Å². The highest BCUT2D eigenvalue weighted by Gasteiger charge is 2.32. The van der Waals surface area contributed by atoms with E-state index in [0.717, 1.165) is 17.5 Å². The third kappa shape index (κ3) is 6.64. The van der Waals surface area contributed by atoms with Gasteiger partial charge in [0.1, 0.15) is 12.2 Å². The third-order valence-electron chi connectivity index (χ3n) is 7.21. The normalized spacial score (nSPS) is 15.2. The highest BCUT2D eigenvalue weighted by atomic mass is 19.1. The average Bonchev–Trinajstić information content (AvgIpc) is 3.58. The summed E-state index contributed by atoms with van der Waals surface area (Å²) in [5.74, 6) is -0.642. The average molecular weight is 593 g/mol. The number of halogens is 1. The number of carbonyl (C=O) groups is 2. The molecule has 1 aliphatic heterocycles. The molecule has 11 nitrogen and oxygen atoms in total. The van der Waals surface area contributed by atoms with Crippen molar-refractivity contribution in [3.05, 3.63) is 59.8 Å². The van der Waals surface area contributed by atoms with Crippen LogP contribution >= 0.6 is 0 Å². The second-order valence-electron chi connectivity index (χ2n) is 11.6. The van der Waals surface area contributed by atoms with Crippen LogP contribution in [0.15, 0.2) is 42.7 Å². The fourth-order valence-electron chi connectivity index (χ4n) is 5.16. The highest BCUT2D eigenvalue weighted by molar-refractivity contribution is 6.14. The molecule has 1 N–H and O–H groups in total. The van der Waals surface area contributed by atoms with Gasteiger partial charge in [-0.05, 0) is 52.3 Å². The van der Waals surface area contributed by atoms with Gasteiger partial charge in [-0.3, -0.25) is 4.79 Å². The van der Waals surface area contributed by atoms with Crippen molar-refractivity contribution in [2.45, 2.75) is 45.8 Å². The minimum Gasteiger partial charge on any atom is -0.475 e. The molecule has 0 bridgehead atoms. The maximum atomic E-state index is 14.7. The molecule has 0 aliphatic carbocycles. The van der Waals surface area contributed by atoms with Crippen molar-refractivity contribution in [3.8, 4) is 5.88 Å². The van der Waals surface area contributed by atoms with Gasteiger partial charge in [-0.1, -0.05) is 0 Å². The van der Waals surface area contributed by atoms with Gasteiger partial charge in [-0.15, -0.1) is 0 Å². The number of amides is 2. The van der Waals surface area contributed by atoms with Crippen LogP contribution in [0, 0.1) is 12.7 Å². The maximum absolute atomic E-state index is 14.7. The number of nitrogens with one attached hydrogen (secondary N) is 1. The molecule has 1 atom stereocenters. The Hall–Kier alpha value is -4.45. The smallest absolute Gasteiger partial charge is 0.410 e. The summed E-state index contributed by atoms with van der Waals surface area (Å²) in [6.45, 7) is 9.28. The van der Waals surface area contributed by atoms with E-state index in [2.05, 4.69) is 15.2 Å². The van der Waals surface area contributed by atoms with Crippen molar-refractivity contribution in [2.75, 3.05) is 50.7 Å². The van der Waals surface area contributed by atoms with Crippen LogP contribution in [-0.2, 0) is 9.47 Å². The molecule has 0 spiro atoms. The number of pyridine rings is 2. The number of fused-ring (bicyclic) bond motifs is 2. The molecule has 1 unspecified atom stereocenters. The van der Waals surface area contributed by atoms with Crippen LogP contribution in [0.2, 0.25) is 0 Å². The predicted octanol–water partition coefficient (Wildman–Crippen LogP) is 5.05. The Morgan fingerprint density at radius 2 is 1.93 bits per heavy atom. The third-order valence-corrected chi connectivity index (χ3v) is 7.21. The van der Waals surface area contributed by atoms with Gasteiger partial charge in [0, 0.05) is 62.8 Å². The van der Waals surface area contributed by atoms with Gasteiger partial charge < -0.3 is 33.7 Å². The molecule has 0 saturated carbocycles. The van der Waals surface area contributed by atoms with Crippen LogP contribution in [0.3, 0.4) is 0 Å². The molecule has 4 heterocycles. The number of carbonyl (C=O) groups excluding carboxylic acids is 2. The molecule has 1 aromatic carbocycles. The number of nitrogens with zero attached hydrogens (tertiary/aromatic N) is 5. The summed E-state index contributed by atoms with van der Waals surface area (Å²) in [6.07, 6.45) is 3.70. The quantitative estimate of drug-likeness (QED) is 0.283. The lowest BCUT2D eigenvalue weighted by atomic mass is 10.1. The van der Waals surface area contributed by atoms with E-state index in [1.807, 2.05) is 32.9 Å².